The van der Waals surface area contributed by atoms with Gasteiger partial charge in [-0.25, -0.2) is 8.42 Å². The molecule has 10 nitrogen and oxygen atoms in total. The minimum Gasteiger partial charge on any atom is -0.872 e. The van der Waals surface area contributed by atoms with Crippen molar-refractivity contribution in [3.8, 4) is 34.5 Å². The minimum absolute atomic E-state index is 0. The van der Waals surface area contributed by atoms with Crippen molar-refractivity contribution in [1.29, 1.82) is 0 Å². The van der Waals surface area contributed by atoms with E-state index in [0.717, 1.165) is 61.4 Å². The SMILES string of the molecule is CCCCCCCCCCCCCc1ccccc1Oc1ccc(O)c(S(=O)(=O)O)c1.CCCCCCCCCCCCCc1ccccc1Oc1ccc([O-])c(S(=O)(=O)[O-])c1.[Ca+2]. The van der Waals surface area contributed by atoms with E-state index in [0.29, 0.717) is 11.5 Å². The van der Waals surface area contributed by atoms with E-state index in [1.807, 2.05) is 48.5 Å². The molecule has 0 aromatic heterocycles. The van der Waals surface area contributed by atoms with Crippen molar-refractivity contribution in [2.45, 2.75) is 178 Å². The molecule has 0 saturated heterocycles. The molecule has 4 aromatic carbocycles. The Morgan fingerprint density at radius 2 is 0.841 bits per heavy atom. The van der Waals surface area contributed by atoms with Gasteiger partial charge in [0.15, 0.2) is 0 Å². The zero-order valence-corrected chi connectivity index (χ0v) is 41.6. The van der Waals surface area contributed by atoms with Crippen molar-refractivity contribution < 1.29 is 45.6 Å². The number of ether oxygens (including phenoxy) is 2. The molecule has 0 atom stereocenters. The minimum atomic E-state index is -4.83. The van der Waals surface area contributed by atoms with Crippen LogP contribution in [0.25, 0.3) is 0 Å². The summed E-state index contributed by atoms with van der Waals surface area (Å²) in [4.78, 5) is -1.35. The standard InChI is InChI=1S/2C25H36O5S.Ca/c2*1-2-3-4-5-6-7-8-9-10-11-12-15-21-16-13-14-17-24(21)30-22-18-19-23(26)25(20-22)31(27,28)29;/h2*13-14,16-20,26H,2-12,15H2,1H3,(H,27,28,29);/q;;+2/p-2. The van der Waals surface area contributed by atoms with Crippen molar-refractivity contribution in [3.05, 3.63) is 96.1 Å². The Bertz CT molecular complexity index is 1940. The first-order valence-corrected chi connectivity index (χ1v) is 25.8. The summed E-state index contributed by atoms with van der Waals surface area (Å²) in [6.45, 7) is 4.49. The summed E-state index contributed by atoms with van der Waals surface area (Å²) >= 11 is 0. The van der Waals surface area contributed by atoms with Gasteiger partial charge in [-0.15, -0.1) is 0 Å². The van der Waals surface area contributed by atoms with Gasteiger partial charge < -0.3 is 24.2 Å². The molecule has 0 aliphatic rings. The number of para-hydroxylation sites is 2. The molecule has 0 unspecified atom stereocenters. The van der Waals surface area contributed by atoms with E-state index in [4.69, 9.17) is 9.47 Å². The number of rotatable bonds is 30. The van der Waals surface area contributed by atoms with E-state index in [1.54, 1.807) is 0 Å². The van der Waals surface area contributed by atoms with Crippen LogP contribution in [0.5, 0.6) is 34.5 Å². The van der Waals surface area contributed by atoms with Gasteiger partial charge in [0, 0.05) is 6.07 Å². The molecule has 0 heterocycles. The van der Waals surface area contributed by atoms with Crippen molar-refractivity contribution in [2.24, 2.45) is 0 Å². The number of benzene rings is 4. The maximum Gasteiger partial charge on any atom is 2.00 e. The van der Waals surface area contributed by atoms with Crippen LogP contribution in [-0.4, -0.2) is 68.8 Å². The molecule has 0 saturated carbocycles. The van der Waals surface area contributed by atoms with Crippen molar-refractivity contribution in [1.82, 2.24) is 0 Å². The summed E-state index contributed by atoms with van der Waals surface area (Å²) in [7, 11) is -9.36. The van der Waals surface area contributed by atoms with Crippen molar-refractivity contribution >= 4 is 58.0 Å². The Balaban J connectivity index is 0.000000427. The van der Waals surface area contributed by atoms with Crippen LogP contribution in [0.1, 0.15) is 166 Å². The summed E-state index contributed by atoms with van der Waals surface area (Å²) in [5, 5.41) is 21.3. The smallest absolute Gasteiger partial charge is 0.872 e. The largest absolute Gasteiger partial charge is 2.00 e. The molecule has 0 spiro atoms. The third kappa shape index (κ3) is 23.3. The fraction of sp³-hybridized carbons (Fsp3) is 0.520. The Morgan fingerprint density at radius 3 is 1.22 bits per heavy atom. The van der Waals surface area contributed by atoms with Gasteiger partial charge in [0.2, 0.25) is 0 Å². The van der Waals surface area contributed by atoms with Gasteiger partial charge >= 0.3 is 37.7 Å². The van der Waals surface area contributed by atoms with Crippen LogP contribution in [0, 0.1) is 0 Å². The van der Waals surface area contributed by atoms with Gasteiger partial charge in [-0.2, -0.15) is 8.42 Å². The number of aryl methyl sites for hydroxylation is 2. The maximum absolute atomic E-state index is 11.6. The quantitative estimate of drug-likeness (QED) is 0.0291. The summed E-state index contributed by atoms with van der Waals surface area (Å²) in [5.41, 5.74) is 2.08. The van der Waals surface area contributed by atoms with Crippen LogP contribution < -0.4 is 14.6 Å². The van der Waals surface area contributed by atoms with Crippen LogP contribution in [-0.2, 0) is 33.1 Å². The Hall–Kier alpha value is -2.84. The summed E-state index contributed by atoms with van der Waals surface area (Å²) in [6, 6.07) is 22.5. The van der Waals surface area contributed by atoms with Gasteiger partial charge in [-0.05, 0) is 73.2 Å². The average molecular weight is 935 g/mol. The zero-order chi connectivity index (χ0) is 45.1. The maximum atomic E-state index is 11.6. The molecule has 13 heteroatoms. The molecule has 344 valence electrons. The molecular formula is C50H70CaO10S2. The van der Waals surface area contributed by atoms with E-state index in [9.17, 15) is 36.2 Å². The number of aromatic hydroxyl groups is 1. The van der Waals surface area contributed by atoms with Crippen molar-refractivity contribution in [2.75, 3.05) is 0 Å². The second-order valence-electron chi connectivity index (χ2n) is 16.2. The summed E-state index contributed by atoms with van der Waals surface area (Å²) < 4.78 is 77.4. The summed E-state index contributed by atoms with van der Waals surface area (Å²) in [6.07, 6.45) is 30.1. The molecule has 0 aliphatic carbocycles. The monoisotopic (exact) mass is 934 g/mol. The van der Waals surface area contributed by atoms with Crippen LogP contribution in [0.4, 0.5) is 0 Å². The van der Waals surface area contributed by atoms with Crippen LogP contribution >= 0.6 is 0 Å². The molecule has 0 aliphatic heterocycles. The van der Waals surface area contributed by atoms with E-state index in [1.165, 1.54) is 140 Å². The molecule has 0 amide bonds. The van der Waals surface area contributed by atoms with E-state index < -0.39 is 41.5 Å². The first kappa shape index (κ1) is 56.3. The number of phenolic OH excluding ortho intramolecular Hbond substituents is 1. The first-order chi connectivity index (χ1) is 29.8. The van der Waals surface area contributed by atoms with Gasteiger partial charge in [0.25, 0.3) is 10.1 Å². The van der Waals surface area contributed by atoms with E-state index in [-0.39, 0.29) is 49.2 Å². The molecule has 2 N–H and O–H groups in total. The number of hydrogen-bond acceptors (Lipinski definition) is 9. The van der Waals surface area contributed by atoms with Crippen LogP contribution in [0.15, 0.2) is 94.7 Å². The summed E-state index contributed by atoms with van der Waals surface area (Å²) in [5.74, 6) is 0.349. The second kappa shape index (κ2) is 31.9. The van der Waals surface area contributed by atoms with Crippen LogP contribution in [0.2, 0.25) is 0 Å². The molecule has 4 aromatic rings. The van der Waals surface area contributed by atoms with Crippen LogP contribution in [0.3, 0.4) is 0 Å². The van der Waals surface area contributed by atoms with E-state index >= 15 is 0 Å². The molecular weight excluding hydrogens is 865 g/mol. The Labute approximate surface area is 408 Å². The van der Waals surface area contributed by atoms with Gasteiger partial charge in [-0.3, -0.25) is 4.55 Å². The number of unbranched alkanes of at least 4 members (excludes halogenated alkanes) is 20. The zero-order valence-electron chi connectivity index (χ0n) is 37.7. The average Bonchev–Trinajstić information content (AvgIpc) is 3.24. The molecule has 0 bridgehead atoms. The predicted molar refractivity (Wildman–Crippen MR) is 251 cm³/mol. The van der Waals surface area contributed by atoms with Gasteiger partial charge in [0.05, 0.1) is 4.90 Å². The topological polar surface area (TPSA) is 173 Å². The Morgan fingerprint density at radius 1 is 0.492 bits per heavy atom. The third-order valence-electron chi connectivity index (χ3n) is 10.9. The number of phenols is 1. The van der Waals surface area contributed by atoms with Gasteiger partial charge in [0.1, 0.15) is 43.8 Å². The van der Waals surface area contributed by atoms with Gasteiger partial charge in [-0.1, -0.05) is 190 Å². The predicted octanol–water partition coefficient (Wildman–Crippen LogP) is 13.2. The number of hydrogen-bond donors (Lipinski definition) is 2. The Kier molecular flexibility index (Phi) is 28.5. The van der Waals surface area contributed by atoms with Crippen molar-refractivity contribution in [3.63, 3.8) is 0 Å². The normalized spacial score (nSPS) is 11.4. The first-order valence-electron chi connectivity index (χ1n) is 22.9. The second-order valence-corrected chi connectivity index (χ2v) is 18.9. The fourth-order valence-corrected chi connectivity index (χ4v) is 8.52. The third-order valence-corrected chi connectivity index (χ3v) is 12.6. The molecule has 63 heavy (non-hydrogen) atoms. The molecule has 0 radical (unpaired) electrons. The molecule has 4 rings (SSSR count). The fourth-order valence-electron chi connectivity index (χ4n) is 7.34. The molecule has 0 fully saturated rings. The van der Waals surface area contributed by atoms with E-state index in [2.05, 4.69) is 13.8 Å².